The Morgan fingerprint density at radius 2 is 1.31 bits per heavy atom. The van der Waals surface area contributed by atoms with Crippen LogP contribution in [-0.2, 0) is 28.1 Å². The van der Waals surface area contributed by atoms with Gasteiger partial charge in [0.05, 0.1) is 25.4 Å². The fraction of sp³-hybridized carbons (Fsp3) is 0.533. The largest absolute Gasteiger partial charge is 0.498 e. The van der Waals surface area contributed by atoms with Crippen molar-refractivity contribution in [2.45, 2.75) is 65.0 Å². The molecule has 6 rings (SSSR count). The van der Waals surface area contributed by atoms with Gasteiger partial charge in [0.1, 0.15) is 35.9 Å². The number of carbonyl (C=O) groups is 2. The van der Waals surface area contributed by atoms with Gasteiger partial charge < -0.3 is 48.2 Å². The standard InChI is InChI=1S/C15H19BBrNO5.C15H20BNO5/c1-15(2,3)22-14(19)18-8-11-12-9(17)4-5-10-13(12)16(23-11)21-7-6-20-10;1-15(2,3)21-14(18)17-9-12-10-5-4-6-11-13(10)16(22-12)20-8-7-19-11/h4-5,11H,6-8H2,1-3H3,(H,18,19);4-6,12H,7-9H2,1-3H3,(H,17,18)/t11-;12-/m11/s1. The van der Waals surface area contributed by atoms with Crippen LogP contribution in [0.5, 0.6) is 11.5 Å². The predicted octanol–water partition coefficient (Wildman–Crippen LogP) is 3.54. The van der Waals surface area contributed by atoms with Crippen LogP contribution in [0.1, 0.15) is 64.9 Å². The highest BCUT2D eigenvalue weighted by Crippen LogP contribution is 2.35. The van der Waals surface area contributed by atoms with E-state index < -0.39 is 37.6 Å². The number of halogens is 1. The first-order valence-electron chi connectivity index (χ1n) is 15.0. The molecule has 15 heteroatoms. The van der Waals surface area contributed by atoms with E-state index in [1.807, 2.05) is 71.9 Å². The van der Waals surface area contributed by atoms with Crippen LogP contribution in [-0.4, -0.2) is 77.1 Å². The second-order valence-corrected chi connectivity index (χ2v) is 13.6. The topological polar surface area (TPSA) is 132 Å². The Morgan fingerprint density at radius 1 is 0.778 bits per heavy atom. The number of hydrogen-bond donors (Lipinski definition) is 2. The number of alkyl carbamates (subject to hydrolysis) is 2. The molecule has 2 aromatic rings. The van der Waals surface area contributed by atoms with E-state index >= 15 is 0 Å². The number of hydrogen-bond acceptors (Lipinski definition) is 10. The van der Waals surface area contributed by atoms with E-state index in [0.29, 0.717) is 39.5 Å². The minimum atomic E-state index is -0.535. The van der Waals surface area contributed by atoms with Crippen LogP contribution in [0.3, 0.4) is 0 Å². The molecule has 0 radical (unpaired) electrons. The number of amides is 2. The smallest absolute Gasteiger partial charge is 0.492 e. The lowest BCUT2D eigenvalue weighted by Gasteiger charge is -2.21. The van der Waals surface area contributed by atoms with Crippen LogP contribution in [0.15, 0.2) is 34.8 Å². The second-order valence-electron chi connectivity index (χ2n) is 12.7. The SMILES string of the molecule is CC(C)(C)OC(=O)NC[C@H]1OB2OCCOc3ccc(Br)c1c32.CC(C)(C)OC(=O)NC[C@H]1OB2OCCOc3cccc1c32. The number of benzene rings is 2. The summed E-state index contributed by atoms with van der Waals surface area (Å²) in [5, 5.41) is 5.49. The molecule has 0 fully saturated rings. The molecule has 4 aliphatic heterocycles. The van der Waals surface area contributed by atoms with Crippen LogP contribution in [0.25, 0.3) is 0 Å². The minimum Gasteiger partial charge on any atom is -0.492 e. The lowest BCUT2D eigenvalue weighted by Crippen LogP contribution is -2.35. The zero-order chi connectivity index (χ0) is 32.4. The van der Waals surface area contributed by atoms with Crippen molar-refractivity contribution < 1.29 is 47.2 Å². The molecule has 4 heterocycles. The molecule has 2 amide bonds. The van der Waals surface area contributed by atoms with E-state index in [1.165, 1.54) is 0 Å². The van der Waals surface area contributed by atoms with Gasteiger partial charge in [0.15, 0.2) is 0 Å². The summed E-state index contributed by atoms with van der Waals surface area (Å²) in [6.45, 7) is 13.5. The molecule has 242 valence electrons. The Labute approximate surface area is 272 Å². The number of carbonyl (C=O) groups excluding carboxylic acids is 2. The van der Waals surface area contributed by atoms with Gasteiger partial charge in [-0.15, -0.1) is 0 Å². The molecule has 0 bridgehead atoms. The Morgan fingerprint density at radius 3 is 1.91 bits per heavy atom. The number of ether oxygens (including phenoxy) is 4. The van der Waals surface area contributed by atoms with Gasteiger partial charge in [0.25, 0.3) is 0 Å². The summed E-state index contributed by atoms with van der Waals surface area (Å²) in [7, 11) is -0.899. The zero-order valence-corrected chi connectivity index (χ0v) is 28.0. The third kappa shape index (κ3) is 8.44. The molecular formula is C30H39B2BrN2O10. The first-order valence-corrected chi connectivity index (χ1v) is 15.8. The molecule has 12 nitrogen and oxygen atoms in total. The summed E-state index contributed by atoms with van der Waals surface area (Å²) in [4.78, 5) is 23.6. The summed E-state index contributed by atoms with van der Waals surface area (Å²) in [6, 6.07) is 9.63. The summed E-state index contributed by atoms with van der Waals surface area (Å²) in [5.41, 5.74) is 2.70. The molecule has 0 aromatic heterocycles. The lowest BCUT2D eigenvalue weighted by atomic mass is 9.78. The predicted molar refractivity (Wildman–Crippen MR) is 170 cm³/mol. The first-order chi connectivity index (χ1) is 21.3. The molecule has 2 atom stereocenters. The molecule has 0 saturated heterocycles. The number of nitrogens with one attached hydrogen (secondary N) is 2. The van der Waals surface area contributed by atoms with Crippen molar-refractivity contribution in [3.63, 3.8) is 0 Å². The highest BCUT2D eigenvalue weighted by Gasteiger charge is 2.43. The van der Waals surface area contributed by atoms with Gasteiger partial charge in [-0.2, -0.15) is 0 Å². The normalized spacial score (nSPS) is 19.8. The molecule has 0 saturated carbocycles. The van der Waals surface area contributed by atoms with E-state index in [-0.39, 0.29) is 12.2 Å². The van der Waals surface area contributed by atoms with Gasteiger partial charge in [-0.25, -0.2) is 9.59 Å². The van der Waals surface area contributed by atoms with Crippen molar-refractivity contribution in [1.29, 1.82) is 0 Å². The molecule has 2 N–H and O–H groups in total. The Balaban J connectivity index is 0.000000178. The number of rotatable bonds is 4. The average Bonchev–Trinajstić information content (AvgIpc) is 3.33. The Hall–Kier alpha value is -2.97. The summed E-state index contributed by atoms with van der Waals surface area (Å²) in [6.07, 6.45) is -1.52. The average molecular weight is 689 g/mol. The molecular weight excluding hydrogens is 650 g/mol. The maximum absolute atomic E-state index is 11.8. The van der Waals surface area contributed by atoms with Crippen LogP contribution in [0.2, 0.25) is 0 Å². The minimum absolute atomic E-state index is 0.269. The highest BCUT2D eigenvalue weighted by molar-refractivity contribution is 9.10. The zero-order valence-electron chi connectivity index (χ0n) is 26.4. The van der Waals surface area contributed by atoms with Crippen molar-refractivity contribution in [2.24, 2.45) is 0 Å². The fourth-order valence-electron chi connectivity index (χ4n) is 5.23. The summed E-state index contributed by atoms with van der Waals surface area (Å²) >= 11 is 3.55. The summed E-state index contributed by atoms with van der Waals surface area (Å²) < 4.78 is 46.0. The van der Waals surface area contributed by atoms with E-state index in [1.54, 1.807) is 0 Å². The first kappa shape index (κ1) is 33.4. The maximum atomic E-state index is 11.8. The van der Waals surface area contributed by atoms with E-state index in [2.05, 4.69) is 26.6 Å². The van der Waals surface area contributed by atoms with Gasteiger partial charge in [-0.05, 0) is 70.9 Å². The monoisotopic (exact) mass is 688 g/mol. The van der Waals surface area contributed by atoms with Crippen molar-refractivity contribution in [2.75, 3.05) is 39.5 Å². The van der Waals surface area contributed by atoms with E-state index in [9.17, 15) is 9.59 Å². The van der Waals surface area contributed by atoms with Gasteiger partial charge >= 0.3 is 26.4 Å². The van der Waals surface area contributed by atoms with Crippen molar-refractivity contribution >= 4 is 53.3 Å². The van der Waals surface area contributed by atoms with Gasteiger partial charge in [-0.1, -0.05) is 28.1 Å². The van der Waals surface area contributed by atoms with E-state index in [0.717, 1.165) is 38.0 Å². The maximum Gasteiger partial charge on any atom is 0.498 e. The van der Waals surface area contributed by atoms with Gasteiger partial charge in [0, 0.05) is 28.5 Å². The van der Waals surface area contributed by atoms with Crippen LogP contribution < -0.4 is 31.0 Å². The van der Waals surface area contributed by atoms with Crippen molar-refractivity contribution in [3.05, 3.63) is 45.9 Å². The molecule has 0 spiro atoms. The van der Waals surface area contributed by atoms with Crippen molar-refractivity contribution in [3.8, 4) is 11.5 Å². The quantitative estimate of drug-likeness (QED) is 0.460. The third-order valence-corrected chi connectivity index (χ3v) is 7.58. The van der Waals surface area contributed by atoms with Crippen LogP contribution in [0.4, 0.5) is 9.59 Å². The fourth-order valence-corrected chi connectivity index (χ4v) is 5.83. The molecule has 0 unspecified atom stereocenters. The third-order valence-electron chi connectivity index (χ3n) is 6.89. The van der Waals surface area contributed by atoms with E-state index in [4.69, 9.17) is 37.6 Å². The van der Waals surface area contributed by atoms with Gasteiger partial charge in [0.2, 0.25) is 0 Å². The molecule has 45 heavy (non-hydrogen) atoms. The highest BCUT2D eigenvalue weighted by atomic mass is 79.9. The van der Waals surface area contributed by atoms with Crippen molar-refractivity contribution in [1.82, 2.24) is 10.6 Å². The lowest BCUT2D eigenvalue weighted by molar-refractivity contribution is 0.0485. The van der Waals surface area contributed by atoms with Gasteiger partial charge in [-0.3, -0.25) is 0 Å². The molecule has 2 aromatic carbocycles. The second kappa shape index (κ2) is 13.8. The van der Waals surface area contributed by atoms with Crippen LogP contribution in [0, 0.1) is 0 Å². The Bertz CT molecular complexity index is 1400. The molecule has 0 aliphatic carbocycles. The molecule has 4 aliphatic rings. The summed E-state index contributed by atoms with van der Waals surface area (Å²) in [5.74, 6) is 1.56. The van der Waals surface area contributed by atoms with Crippen LogP contribution >= 0.6 is 15.9 Å². The Kier molecular flexibility index (Phi) is 10.2.